The number of nitrogens with zero attached hydrogens (tertiary/aromatic N) is 2. The summed E-state index contributed by atoms with van der Waals surface area (Å²) in [6, 6.07) is 4.62. The van der Waals surface area contributed by atoms with Crippen molar-refractivity contribution >= 4 is 23.4 Å². The second kappa shape index (κ2) is 6.91. The largest absolute Gasteiger partial charge is 0.396 e. The molecule has 1 heterocycles. The maximum atomic E-state index is 12.4. The van der Waals surface area contributed by atoms with E-state index in [1.54, 1.807) is 23.3 Å². The smallest absolute Gasteiger partial charge is 0.283 e. The molecule has 0 saturated carbocycles. The van der Waals surface area contributed by atoms with E-state index in [0.29, 0.717) is 35.9 Å². The second-order valence-electron chi connectivity index (χ2n) is 5.06. The average molecular weight is 310 g/mol. The highest BCUT2D eigenvalue weighted by atomic mass is 32.2. The molecule has 0 spiro atoms. The highest BCUT2D eigenvalue weighted by Crippen LogP contribution is 2.29. The van der Waals surface area contributed by atoms with E-state index in [9.17, 15) is 14.9 Å². The summed E-state index contributed by atoms with van der Waals surface area (Å²) in [5.41, 5.74) is 0.323. The zero-order valence-electron chi connectivity index (χ0n) is 11.8. The van der Waals surface area contributed by atoms with Crippen LogP contribution in [0.15, 0.2) is 23.1 Å². The molecule has 21 heavy (non-hydrogen) atoms. The summed E-state index contributed by atoms with van der Waals surface area (Å²) in [5.74, 6) is 0.144. The molecular weight excluding hydrogens is 292 g/mol. The molecule has 0 bridgehead atoms. The number of aliphatic hydroxyl groups excluding tert-OH is 1. The average Bonchev–Trinajstić information content (AvgIpc) is 2.94. The minimum Gasteiger partial charge on any atom is -0.396 e. The number of aliphatic hydroxyl groups is 1. The van der Waals surface area contributed by atoms with Crippen LogP contribution in [0.4, 0.5) is 5.69 Å². The normalized spacial score (nSPS) is 18.0. The van der Waals surface area contributed by atoms with E-state index in [1.165, 1.54) is 17.8 Å². The van der Waals surface area contributed by atoms with Crippen molar-refractivity contribution in [3.8, 4) is 0 Å². The van der Waals surface area contributed by atoms with Crippen molar-refractivity contribution in [2.24, 2.45) is 5.92 Å². The van der Waals surface area contributed by atoms with Gasteiger partial charge in [0.25, 0.3) is 11.6 Å². The molecule has 0 aliphatic carbocycles. The van der Waals surface area contributed by atoms with Crippen LogP contribution in [-0.4, -0.2) is 46.8 Å². The van der Waals surface area contributed by atoms with Gasteiger partial charge in [0, 0.05) is 31.3 Å². The number of amides is 1. The molecule has 0 aromatic heterocycles. The maximum absolute atomic E-state index is 12.4. The number of thioether (sulfide) groups is 1. The minimum atomic E-state index is -0.457. The van der Waals surface area contributed by atoms with Crippen molar-refractivity contribution in [3.05, 3.63) is 33.9 Å². The Balaban J connectivity index is 2.17. The lowest BCUT2D eigenvalue weighted by Crippen LogP contribution is -2.28. The Morgan fingerprint density at radius 2 is 2.33 bits per heavy atom. The third kappa shape index (κ3) is 3.54. The lowest BCUT2D eigenvalue weighted by atomic mass is 10.1. The molecule has 2 rings (SSSR count). The summed E-state index contributed by atoms with van der Waals surface area (Å²) >= 11 is 1.29. The summed E-state index contributed by atoms with van der Waals surface area (Å²) in [7, 11) is 0. The number of likely N-dealkylation sites (tertiary alicyclic amines) is 1. The van der Waals surface area contributed by atoms with Crippen molar-refractivity contribution in [3.63, 3.8) is 0 Å². The van der Waals surface area contributed by atoms with Crippen LogP contribution >= 0.6 is 11.8 Å². The Morgan fingerprint density at radius 3 is 2.95 bits per heavy atom. The molecule has 1 atom stereocenters. The molecule has 0 radical (unpaired) electrons. The fraction of sp³-hybridized carbons (Fsp3) is 0.500. The molecule has 6 nitrogen and oxygen atoms in total. The SMILES string of the molecule is CSc1ccc(C(=O)N2CCC(CCO)C2)cc1[N+](=O)[O-]. The van der Waals surface area contributed by atoms with Gasteiger partial charge >= 0.3 is 0 Å². The van der Waals surface area contributed by atoms with Gasteiger partial charge in [0.2, 0.25) is 0 Å². The molecule has 1 aliphatic rings. The topological polar surface area (TPSA) is 83.7 Å². The van der Waals surface area contributed by atoms with Crippen LogP contribution in [0.2, 0.25) is 0 Å². The second-order valence-corrected chi connectivity index (χ2v) is 5.91. The van der Waals surface area contributed by atoms with Crippen molar-refractivity contribution in [2.45, 2.75) is 17.7 Å². The summed E-state index contributed by atoms with van der Waals surface area (Å²) in [5, 5.41) is 20.0. The van der Waals surface area contributed by atoms with Crippen molar-refractivity contribution in [1.29, 1.82) is 0 Å². The van der Waals surface area contributed by atoms with Gasteiger partial charge in [-0.1, -0.05) is 0 Å². The maximum Gasteiger partial charge on any atom is 0.283 e. The number of nitro groups is 1. The lowest BCUT2D eigenvalue weighted by Gasteiger charge is -2.16. The van der Waals surface area contributed by atoms with E-state index in [1.807, 2.05) is 0 Å². The Bertz CT molecular complexity index is 550. The van der Waals surface area contributed by atoms with Crippen LogP contribution in [0.1, 0.15) is 23.2 Å². The summed E-state index contributed by atoms with van der Waals surface area (Å²) in [6.07, 6.45) is 3.33. The van der Waals surface area contributed by atoms with E-state index in [2.05, 4.69) is 0 Å². The standard InChI is InChI=1S/C14H18N2O4S/c1-21-13-3-2-11(8-12(13)16(19)20)14(18)15-6-4-10(9-15)5-7-17/h2-3,8,10,17H,4-7,9H2,1H3. The molecule has 1 fully saturated rings. The minimum absolute atomic E-state index is 0.0283. The molecular formula is C14H18N2O4S. The monoisotopic (exact) mass is 310 g/mol. The van der Waals surface area contributed by atoms with Crippen molar-refractivity contribution < 1.29 is 14.8 Å². The van der Waals surface area contributed by atoms with Crippen molar-refractivity contribution in [1.82, 2.24) is 4.90 Å². The zero-order valence-corrected chi connectivity index (χ0v) is 12.6. The van der Waals surface area contributed by atoms with Gasteiger partial charge in [0.05, 0.1) is 9.82 Å². The number of rotatable bonds is 5. The van der Waals surface area contributed by atoms with Gasteiger partial charge in [-0.15, -0.1) is 11.8 Å². The highest BCUT2D eigenvalue weighted by molar-refractivity contribution is 7.98. The van der Waals surface area contributed by atoms with Gasteiger partial charge in [-0.25, -0.2) is 0 Å². The number of carbonyl (C=O) groups excluding carboxylic acids is 1. The first-order valence-corrected chi connectivity index (χ1v) is 8.02. The summed E-state index contributed by atoms with van der Waals surface area (Å²) in [6.45, 7) is 1.37. The third-order valence-electron chi connectivity index (χ3n) is 3.73. The molecule has 1 unspecified atom stereocenters. The van der Waals surface area contributed by atoms with E-state index in [4.69, 9.17) is 5.11 Å². The van der Waals surface area contributed by atoms with E-state index in [0.717, 1.165) is 6.42 Å². The summed E-state index contributed by atoms with van der Waals surface area (Å²) in [4.78, 5) is 25.3. The first kappa shape index (κ1) is 15.8. The van der Waals surface area contributed by atoms with Crippen LogP contribution in [-0.2, 0) is 0 Å². The number of nitro benzene ring substituents is 1. The zero-order chi connectivity index (χ0) is 15.4. The number of hydrogen-bond donors (Lipinski definition) is 1. The molecule has 1 amide bonds. The third-order valence-corrected chi connectivity index (χ3v) is 4.52. The van der Waals surface area contributed by atoms with E-state index < -0.39 is 4.92 Å². The molecule has 114 valence electrons. The number of benzene rings is 1. The van der Waals surface area contributed by atoms with Crippen LogP contribution in [0, 0.1) is 16.0 Å². The van der Waals surface area contributed by atoms with Gasteiger partial charge < -0.3 is 10.0 Å². The Morgan fingerprint density at radius 1 is 1.57 bits per heavy atom. The first-order chi connectivity index (χ1) is 10.1. The van der Waals surface area contributed by atoms with Gasteiger partial charge in [-0.05, 0) is 37.1 Å². The molecule has 1 N–H and O–H groups in total. The quantitative estimate of drug-likeness (QED) is 0.512. The highest BCUT2D eigenvalue weighted by Gasteiger charge is 2.27. The number of hydrogen-bond acceptors (Lipinski definition) is 5. The predicted molar refractivity (Wildman–Crippen MR) is 80.6 cm³/mol. The van der Waals surface area contributed by atoms with Crippen molar-refractivity contribution in [2.75, 3.05) is 26.0 Å². The van der Waals surface area contributed by atoms with Gasteiger partial charge in [-0.2, -0.15) is 0 Å². The fourth-order valence-corrected chi connectivity index (χ4v) is 3.13. The molecule has 1 aromatic rings. The molecule has 1 saturated heterocycles. The Hall–Kier alpha value is -1.60. The van der Waals surface area contributed by atoms with Gasteiger partial charge in [0.15, 0.2) is 0 Å². The molecule has 1 aliphatic heterocycles. The Labute approximate surface area is 127 Å². The van der Waals surface area contributed by atoms with Crippen LogP contribution in [0.5, 0.6) is 0 Å². The lowest BCUT2D eigenvalue weighted by molar-refractivity contribution is -0.387. The van der Waals surface area contributed by atoms with Crippen LogP contribution < -0.4 is 0 Å². The predicted octanol–water partition coefficient (Wildman–Crippen LogP) is 2.16. The Kier molecular flexibility index (Phi) is 5.19. The van der Waals surface area contributed by atoms with Gasteiger partial charge in [0.1, 0.15) is 0 Å². The summed E-state index contributed by atoms with van der Waals surface area (Å²) < 4.78 is 0. The number of carbonyl (C=O) groups is 1. The van der Waals surface area contributed by atoms with Crippen LogP contribution in [0.25, 0.3) is 0 Å². The van der Waals surface area contributed by atoms with E-state index in [-0.39, 0.29) is 18.2 Å². The first-order valence-electron chi connectivity index (χ1n) is 6.79. The van der Waals surface area contributed by atoms with Crippen LogP contribution in [0.3, 0.4) is 0 Å². The molecule has 1 aromatic carbocycles. The van der Waals surface area contributed by atoms with E-state index >= 15 is 0 Å². The molecule has 7 heteroatoms. The fourth-order valence-electron chi connectivity index (χ4n) is 2.58. The van der Waals surface area contributed by atoms with Gasteiger partial charge in [-0.3, -0.25) is 14.9 Å².